The first-order valence-electron chi connectivity index (χ1n) is 11.9. The lowest BCUT2D eigenvalue weighted by atomic mass is 9.78. The van der Waals surface area contributed by atoms with Crippen LogP contribution >= 0.6 is 0 Å². The average Bonchev–Trinajstić information content (AvgIpc) is 2.78. The first kappa shape index (κ1) is 24.7. The molecule has 10 atom stereocenters. The quantitative estimate of drug-likeness (QED) is 0.567. The van der Waals surface area contributed by atoms with Crippen molar-refractivity contribution in [3.8, 4) is 0 Å². The summed E-state index contributed by atoms with van der Waals surface area (Å²) in [5, 5.41) is 0. The van der Waals surface area contributed by atoms with Crippen molar-refractivity contribution in [2.75, 3.05) is 20.3 Å². The summed E-state index contributed by atoms with van der Waals surface area (Å²) < 4.78 is 30.5. The Hall–Kier alpha value is -0.980. The Morgan fingerprint density at radius 2 is 1.23 bits per heavy atom. The second-order valence-corrected chi connectivity index (χ2v) is 9.81. The number of ether oxygens (including phenoxy) is 5. The molecule has 31 heavy (non-hydrogen) atoms. The van der Waals surface area contributed by atoms with Gasteiger partial charge in [0.15, 0.2) is 12.6 Å². The summed E-state index contributed by atoms with van der Waals surface area (Å²) in [4.78, 5) is 0. The lowest BCUT2D eigenvalue weighted by Crippen LogP contribution is -2.50. The van der Waals surface area contributed by atoms with Crippen LogP contribution in [0.1, 0.15) is 47.1 Å². The van der Waals surface area contributed by atoms with Crippen molar-refractivity contribution < 1.29 is 23.7 Å². The summed E-state index contributed by atoms with van der Waals surface area (Å²) >= 11 is 0. The zero-order valence-corrected chi connectivity index (χ0v) is 20.3. The van der Waals surface area contributed by atoms with Gasteiger partial charge in [-0.1, -0.05) is 71.9 Å². The van der Waals surface area contributed by atoms with E-state index in [1.165, 1.54) is 5.56 Å². The highest BCUT2D eigenvalue weighted by Gasteiger charge is 2.42. The van der Waals surface area contributed by atoms with Crippen LogP contribution in [0.15, 0.2) is 30.3 Å². The van der Waals surface area contributed by atoms with Crippen molar-refractivity contribution in [2.24, 2.45) is 35.5 Å². The second-order valence-electron chi connectivity index (χ2n) is 9.81. The standard InChI is InChI=1S/C26H42O5/c1-16-19(4)24(30-25(27-7)20(16)5)15-29-26-21(6)17(2)18(3)23(31-26)14-28-13-22-11-9-8-10-12-22/h8-12,16-21,23-26H,13-15H2,1-7H3/t16-,17-,18-,19-,20?,21?,23?,24?,25-,26-/m0/s1. The first-order chi connectivity index (χ1) is 14.8. The third-order valence-corrected chi connectivity index (χ3v) is 8.02. The number of rotatable bonds is 8. The molecule has 0 radical (unpaired) electrons. The second kappa shape index (κ2) is 11.2. The van der Waals surface area contributed by atoms with Crippen LogP contribution in [-0.4, -0.2) is 45.1 Å². The van der Waals surface area contributed by atoms with E-state index in [4.69, 9.17) is 23.7 Å². The van der Waals surface area contributed by atoms with E-state index in [1.807, 2.05) is 18.2 Å². The van der Waals surface area contributed by atoms with Crippen molar-refractivity contribution >= 4 is 0 Å². The molecule has 0 N–H and O–H groups in total. The van der Waals surface area contributed by atoms with Gasteiger partial charge in [0, 0.05) is 18.9 Å². The van der Waals surface area contributed by atoms with Crippen molar-refractivity contribution in [1.82, 2.24) is 0 Å². The molecule has 1 aromatic carbocycles. The molecule has 2 aliphatic rings. The zero-order chi connectivity index (χ0) is 22.5. The van der Waals surface area contributed by atoms with Gasteiger partial charge in [0.2, 0.25) is 0 Å². The molecule has 5 heteroatoms. The number of hydrogen-bond donors (Lipinski definition) is 0. The van der Waals surface area contributed by atoms with Crippen LogP contribution in [0.2, 0.25) is 0 Å². The smallest absolute Gasteiger partial charge is 0.160 e. The van der Waals surface area contributed by atoms with E-state index in [9.17, 15) is 0 Å². The first-order valence-corrected chi connectivity index (χ1v) is 11.9. The fraction of sp³-hybridized carbons (Fsp3) is 0.769. The molecular formula is C26H42O5. The van der Waals surface area contributed by atoms with Crippen LogP contribution in [0.3, 0.4) is 0 Å². The predicted molar refractivity (Wildman–Crippen MR) is 121 cm³/mol. The van der Waals surface area contributed by atoms with Gasteiger partial charge in [-0.3, -0.25) is 0 Å². The fourth-order valence-corrected chi connectivity index (χ4v) is 4.87. The number of hydrogen-bond acceptors (Lipinski definition) is 5. The molecule has 3 rings (SSSR count). The molecule has 1 aromatic rings. The van der Waals surface area contributed by atoms with Crippen LogP contribution in [0.25, 0.3) is 0 Å². The van der Waals surface area contributed by atoms with E-state index in [1.54, 1.807) is 7.11 Å². The van der Waals surface area contributed by atoms with Crippen LogP contribution in [-0.2, 0) is 30.3 Å². The largest absolute Gasteiger partial charge is 0.374 e. The normalized spacial score (nSPS) is 41.3. The van der Waals surface area contributed by atoms with E-state index in [0.717, 1.165) is 0 Å². The van der Waals surface area contributed by atoms with Gasteiger partial charge in [-0.2, -0.15) is 0 Å². The molecule has 2 aliphatic heterocycles. The molecule has 176 valence electrons. The summed E-state index contributed by atoms with van der Waals surface area (Å²) in [7, 11) is 1.72. The molecule has 2 fully saturated rings. The summed E-state index contributed by atoms with van der Waals surface area (Å²) in [5.74, 6) is 2.49. The highest BCUT2D eigenvalue weighted by atomic mass is 16.7. The predicted octanol–water partition coefficient (Wildman–Crippen LogP) is 5.13. The molecule has 2 heterocycles. The summed E-state index contributed by atoms with van der Waals surface area (Å²) in [5.41, 5.74) is 1.18. The Balaban J connectivity index is 1.54. The van der Waals surface area contributed by atoms with Crippen LogP contribution < -0.4 is 0 Å². The van der Waals surface area contributed by atoms with Crippen molar-refractivity contribution in [2.45, 2.75) is 72.9 Å². The molecular weight excluding hydrogens is 392 g/mol. The van der Waals surface area contributed by atoms with Crippen molar-refractivity contribution in [3.63, 3.8) is 0 Å². The third-order valence-electron chi connectivity index (χ3n) is 8.02. The summed E-state index contributed by atoms with van der Waals surface area (Å²) in [6.45, 7) is 15.2. The molecule has 0 saturated carbocycles. The summed E-state index contributed by atoms with van der Waals surface area (Å²) in [6.07, 6.45) is -0.393. The minimum Gasteiger partial charge on any atom is -0.374 e. The Labute approximate surface area is 188 Å². The molecule has 0 aliphatic carbocycles. The molecule has 0 amide bonds. The van der Waals surface area contributed by atoms with Crippen molar-refractivity contribution in [1.29, 1.82) is 0 Å². The SMILES string of the molecule is CO[C@H]1OC(CO[C@H]2OC(COCc3ccccc3)[C@@H](C)[C@H](C)C2C)[C@@H](C)[C@H](C)C1C. The maximum atomic E-state index is 6.41. The maximum absolute atomic E-state index is 6.41. The Kier molecular flexibility index (Phi) is 8.94. The molecule has 0 bridgehead atoms. The Bertz CT molecular complexity index is 650. The van der Waals surface area contributed by atoms with Gasteiger partial charge in [-0.05, 0) is 29.2 Å². The Morgan fingerprint density at radius 3 is 1.84 bits per heavy atom. The topological polar surface area (TPSA) is 46.2 Å². The molecule has 2 saturated heterocycles. The van der Waals surface area contributed by atoms with Crippen LogP contribution in [0, 0.1) is 35.5 Å². The molecule has 4 unspecified atom stereocenters. The van der Waals surface area contributed by atoms with Gasteiger partial charge < -0.3 is 23.7 Å². The zero-order valence-electron chi connectivity index (χ0n) is 20.3. The highest BCUT2D eigenvalue weighted by molar-refractivity contribution is 5.13. The van der Waals surface area contributed by atoms with E-state index < -0.39 is 0 Å². The lowest BCUT2D eigenvalue weighted by molar-refractivity contribution is -0.289. The van der Waals surface area contributed by atoms with E-state index >= 15 is 0 Å². The Morgan fingerprint density at radius 1 is 0.677 bits per heavy atom. The lowest BCUT2D eigenvalue weighted by Gasteiger charge is -2.45. The fourth-order valence-electron chi connectivity index (χ4n) is 4.87. The minimum absolute atomic E-state index is 0.00869. The highest BCUT2D eigenvalue weighted by Crippen LogP contribution is 2.38. The van der Waals surface area contributed by atoms with Gasteiger partial charge in [0.05, 0.1) is 32.0 Å². The van der Waals surface area contributed by atoms with Crippen LogP contribution in [0.4, 0.5) is 0 Å². The third kappa shape index (κ3) is 5.88. The van der Waals surface area contributed by atoms with Gasteiger partial charge in [0.25, 0.3) is 0 Å². The van der Waals surface area contributed by atoms with Crippen molar-refractivity contribution in [3.05, 3.63) is 35.9 Å². The summed E-state index contributed by atoms with van der Waals surface area (Å²) in [6, 6.07) is 10.3. The molecule has 5 nitrogen and oxygen atoms in total. The number of benzene rings is 1. The monoisotopic (exact) mass is 434 g/mol. The van der Waals surface area contributed by atoms with Gasteiger partial charge in [-0.25, -0.2) is 0 Å². The average molecular weight is 435 g/mol. The van der Waals surface area contributed by atoms with Gasteiger partial charge in [0.1, 0.15) is 0 Å². The molecule has 0 aromatic heterocycles. The van der Waals surface area contributed by atoms with E-state index in [2.05, 4.69) is 53.7 Å². The van der Waals surface area contributed by atoms with Gasteiger partial charge in [-0.15, -0.1) is 0 Å². The minimum atomic E-state index is -0.247. The van der Waals surface area contributed by atoms with E-state index in [0.29, 0.717) is 55.3 Å². The van der Waals surface area contributed by atoms with Crippen LogP contribution in [0.5, 0.6) is 0 Å². The van der Waals surface area contributed by atoms with E-state index in [-0.39, 0.29) is 24.8 Å². The maximum Gasteiger partial charge on any atom is 0.160 e. The number of methoxy groups -OCH3 is 1. The van der Waals surface area contributed by atoms with Gasteiger partial charge >= 0.3 is 0 Å². The molecule has 0 spiro atoms.